The summed E-state index contributed by atoms with van der Waals surface area (Å²) in [7, 11) is 0. The largest absolute Gasteiger partial charge is 0.478 e. The number of aromatic carboxylic acids is 1. The third-order valence-electron chi connectivity index (χ3n) is 2.99. The Morgan fingerprint density at radius 2 is 2.00 bits per heavy atom. The maximum Gasteiger partial charge on any atom is 0.335 e. The Balaban J connectivity index is 2.18. The van der Waals surface area contributed by atoms with Crippen LogP contribution in [-0.2, 0) is 0 Å². The Bertz CT molecular complexity index is 677. The number of rotatable bonds is 5. The number of nitrogens with zero attached hydrogens (tertiary/aromatic N) is 1. The Kier molecular flexibility index (Phi) is 4.33. The molecule has 0 aliphatic rings. The van der Waals surface area contributed by atoms with E-state index >= 15 is 0 Å². The molecule has 2 rings (SSSR count). The van der Waals surface area contributed by atoms with E-state index in [9.17, 15) is 9.59 Å². The molecule has 0 fully saturated rings. The van der Waals surface area contributed by atoms with Crippen LogP contribution in [0, 0.1) is 6.92 Å². The number of aryl methyl sites for hydroxylation is 1. The van der Waals surface area contributed by atoms with E-state index in [-0.39, 0.29) is 11.3 Å². The second kappa shape index (κ2) is 6.17. The van der Waals surface area contributed by atoms with Crippen LogP contribution in [0.1, 0.15) is 39.8 Å². The summed E-state index contributed by atoms with van der Waals surface area (Å²) in [5.41, 5.74) is 1.33. The van der Waals surface area contributed by atoms with Gasteiger partial charge in [-0.1, -0.05) is 6.92 Å². The summed E-state index contributed by atoms with van der Waals surface area (Å²) in [4.78, 5) is 26.4. The fourth-order valence-corrected chi connectivity index (χ4v) is 1.81. The van der Waals surface area contributed by atoms with Crippen molar-refractivity contribution in [1.29, 1.82) is 0 Å². The second-order valence-electron chi connectivity index (χ2n) is 4.54. The molecule has 1 heterocycles. The summed E-state index contributed by atoms with van der Waals surface area (Å²) in [6.45, 7) is 3.55. The lowest BCUT2D eigenvalue weighted by Crippen LogP contribution is -2.00. The number of pyridine rings is 1. The van der Waals surface area contributed by atoms with E-state index in [1.807, 2.05) is 0 Å². The minimum absolute atomic E-state index is 0.0245. The summed E-state index contributed by atoms with van der Waals surface area (Å²) in [6, 6.07) is 7.90. The summed E-state index contributed by atoms with van der Waals surface area (Å²) < 4.78 is 5.65. The lowest BCUT2D eigenvalue weighted by molar-refractivity contribution is 0.0696. The maximum atomic E-state index is 11.5. The molecule has 0 spiro atoms. The van der Waals surface area contributed by atoms with Crippen molar-refractivity contribution in [2.24, 2.45) is 0 Å². The fourth-order valence-electron chi connectivity index (χ4n) is 1.81. The molecular weight excluding hydrogens is 270 g/mol. The summed E-state index contributed by atoms with van der Waals surface area (Å²) in [6.07, 6.45) is 1.89. The van der Waals surface area contributed by atoms with Crippen LogP contribution in [0.25, 0.3) is 0 Å². The predicted molar refractivity (Wildman–Crippen MR) is 77.1 cm³/mol. The van der Waals surface area contributed by atoms with Crippen LogP contribution in [0.3, 0.4) is 0 Å². The summed E-state index contributed by atoms with van der Waals surface area (Å²) in [5.74, 6) is 0.0440. The van der Waals surface area contributed by atoms with Crippen molar-refractivity contribution in [2.75, 3.05) is 0 Å². The fraction of sp³-hybridized carbons (Fsp3) is 0.188. The van der Waals surface area contributed by atoms with Crippen LogP contribution in [0.15, 0.2) is 36.5 Å². The lowest BCUT2D eigenvalue weighted by Gasteiger charge is -2.09. The van der Waals surface area contributed by atoms with Crippen LogP contribution >= 0.6 is 0 Å². The van der Waals surface area contributed by atoms with Crippen molar-refractivity contribution in [3.63, 3.8) is 0 Å². The van der Waals surface area contributed by atoms with Gasteiger partial charge in [-0.2, -0.15) is 0 Å². The monoisotopic (exact) mass is 285 g/mol. The van der Waals surface area contributed by atoms with Crippen molar-refractivity contribution in [2.45, 2.75) is 20.3 Å². The number of ether oxygens (including phenoxy) is 1. The molecule has 1 aromatic carbocycles. The molecule has 0 aliphatic carbocycles. The number of hydrogen-bond acceptors (Lipinski definition) is 4. The highest BCUT2D eigenvalue weighted by atomic mass is 16.5. The first-order valence-corrected chi connectivity index (χ1v) is 6.52. The van der Waals surface area contributed by atoms with Gasteiger partial charge in [0, 0.05) is 6.42 Å². The van der Waals surface area contributed by atoms with Gasteiger partial charge in [-0.3, -0.25) is 4.79 Å². The smallest absolute Gasteiger partial charge is 0.335 e. The minimum Gasteiger partial charge on any atom is -0.478 e. The minimum atomic E-state index is -0.978. The predicted octanol–water partition coefficient (Wildman–Crippen LogP) is 3.47. The SMILES string of the molecule is CCC(=O)c1ccc(Oc2ccc(C(=O)O)cc2C)cn1. The Morgan fingerprint density at radius 3 is 2.52 bits per heavy atom. The highest BCUT2D eigenvalue weighted by Crippen LogP contribution is 2.25. The molecule has 2 aromatic rings. The number of carbonyl (C=O) groups excluding carboxylic acids is 1. The molecule has 5 heteroatoms. The van der Waals surface area contributed by atoms with Crippen LogP contribution in [0.4, 0.5) is 0 Å². The van der Waals surface area contributed by atoms with Crippen LogP contribution in [0.2, 0.25) is 0 Å². The number of ketones is 1. The molecule has 1 aromatic heterocycles. The second-order valence-corrected chi connectivity index (χ2v) is 4.54. The van der Waals surface area contributed by atoms with Gasteiger partial charge in [0.25, 0.3) is 0 Å². The van der Waals surface area contributed by atoms with Crippen LogP contribution in [-0.4, -0.2) is 21.8 Å². The summed E-state index contributed by atoms with van der Waals surface area (Å²) >= 11 is 0. The van der Waals surface area contributed by atoms with E-state index in [4.69, 9.17) is 9.84 Å². The van der Waals surface area contributed by atoms with E-state index in [2.05, 4.69) is 4.98 Å². The van der Waals surface area contributed by atoms with Gasteiger partial charge in [-0.15, -0.1) is 0 Å². The van der Waals surface area contributed by atoms with E-state index in [0.29, 0.717) is 29.2 Å². The molecule has 0 saturated carbocycles. The lowest BCUT2D eigenvalue weighted by atomic mass is 10.1. The molecule has 0 radical (unpaired) electrons. The van der Waals surface area contributed by atoms with Crippen LogP contribution in [0.5, 0.6) is 11.5 Å². The van der Waals surface area contributed by atoms with Gasteiger partial charge in [-0.25, -0.2) is 9.78 Å². The van der Waals surface area contributed by atoms with E-state index in [0.717, 1.165) is 0 Å². The molecule has 108 valence electrons. The molecule has 0 saturated heterocycles. The first-order valence-electron chi connectivity index (χ1n) is 6.52. The van der Waals surface area contributed by atoms with Crippen molar-refractivity contribution >= 4 is 11.8 Å². The molecule has 0 unspecified atom stereocenters. The quantitative estimate of drug-likeness (QED) is 0.851. The van der Waals surface area contributed by atoms with E-state index in [1.165, 1.54) is 12.3 Å². The third kappa shape index (κ3) is 3.45. The van der Waals surface area contributed by atoms with Gasteiger partial charge in [0.2, 0.25) is 0 Å². The Morgan fingerprint density at radius 1 is 1.24 bits per heavy atom. The number of Topliss-reactive ketones (excluding diaryl/α,β-unsaturated/α-hetero) is 1. The normalized spacial score (nSPS) is 10.2. The molecule has 0 amide bonds. The first kappa shape index (κ1) is 14.7. The maximum absolute atomic E-state index is 11.5. The zero-order chi connectivity index (χ0) is 15.4. The summed E-state index contributed by atoms with van der Waals surface area (Å²) in [5, 5.41) is 8.91. The molecule has 0 aliphatic heterocycles. The number of carboxylic acid groups (broad SMARTS) is 1. The van der Waals surface area contributed by atoms with Gasteiger partial charge >= 0.3 is 5.97 Å². The molecular formula is C16H15NO4. The topological polar surface area (TPSA) is 76.5 Å². The van der Waals surface area contributed by atoms with Crippen LogP contribution < -0.4 is 4.74 Å². The highest BCUT2D eigenvalue weighted by molar-refractivity contribution is 5.93. The van der Waals surface area contributed by atoms with Gasteiger partial charge in [0.1, 0.15) is 17.2 Å². The Labute approximate surface area is 122 Å². The first-order chi connectivity index (χ1) is 10.0. The number of benzene rings is 1. The Hall–Kier alpha value is -2.69. The van der Waals surface area contributed by atoms with Crippen molar-refractivity contribution in [3.05, 3.63) is 53.3 Å². The van der Waals surface area contributed by atoms with Crippen molar-refractivity contribution in [3.8, 4) is 11.5 Å². The molecule has 21 heavy (non-hydrogen) atoms. The molecule has 1 N–H and O–H groups in total. The number of hydrogen-bond donors (Lipinski definition) is 1. The molecule has 5 nitrogen and oxygen atoms in total. The standard InChI is InChI=1S/C16H15NO4/c1-3-14(18)13-6-5-12(9-17-13)21-15-7-4-11(16(19)20)8-10(15)2/h4-9H,3H2,1-2H3,(H,19,20). The average Bonchev–Trinajstić information content (AvgIpc) is 2.49. The number of carbonyl (C=O) groups is 2. The zero-order valence-electron chi connectivity index (χ0n) is 11.8. The van der Waals surface area contributed by atoms with Gasteiger partial charge in [0.15, 0.2) is 5.78 Å². The zero-order valence-corrected chi connectivity index (χ0v) is 11.8. The average molecular weight is 285 g/mol. The van der Waals surface area contributed by atoms with E-state index < -0.39 is 5.97 Å². The molecule has 0 atom stereocenters. The van der Waals surface area contributed by atoms with Crippen molar-refractivity contribution in [1.82, 2.24) is 4.98 Å². The highest BCUT2D eigenvalue weighted by Gasteiger charge is 2.09. The molecule has 0 bridgehead atoms. The van der Waals surface area contributed by atoms with Crippen molar-refractivity contribution < 1.29 is 19.4 Å². The van der Waals surface area contributed by atoms with Gasteiger partial charge in [0.05, 0.1) is 11.8 Å². The van der Waals surface area contributed by atoms with Gasteiger partial charge in [-0.05, 0) is 42.8 Å². The van der Waals surface area contributed by atoms with E-state index in [1.54, 1.807) is 38.1 Å². The third-order valence-corrected chi connectivity index (χ3v) is 2.99. The number of carboxylic acids is 1. The van der Waals surface area contributed by atoms with Gasteiger partial charge < -0.3 is 9.84 Å². The number of aromatic nitrogens is 1.